The van der Waals surface area contributed by atoms with Crippen LogP contribution in [0.2, 0.25) is 0 Å². The molecule has 1 rings (SSSR count). The number of amides is 4. The number of unbranched alkanes of at least 4 members (excludes halogenated alkanes) is 1. The number of aliphatic carboxylic acids is 2. The number of nitrogens with two attached hydrogens (primary N) is 2. The monoisotopic (exact) mass is 486 g/mol. The van der Waals surface area contributed by atoms with Crippen molar-refractivity contribution in [1.82, 2.24) is 21.3 Å². The van der Waals surface area contributed by atoms with Gasteiger partial charge in [-0.05, 0) is 51.6 Å². The van der Waals surface area contributed by atoms with E-state index >= 15 is 0 Å². The summed E-state index contributed by atoms with van der Waals surface area (Å²) in [6, 6.07) is -4.56. The number of carbonyl (C=O) groups excluding carboxylic acids is 4. The lowest BCUT2D eigenvalue weighted by Crippen LogP contribution is -2.57. The van der Waals surface area contributed by atoms with Crippen LogP contribution < -0.4 is 32.7 Å². The maximum Gasteiger partial charge on any atom is 0.326 e. The molecule has 14 heteroatoms. The topological polar surface area (TPSA) is 243 Å². The van der Waals surface area contributed by atoms with E-state index in [1.807, 2.05) is 0 Å². The fraction of sp³-hybridized carbons (Fsp3) is 0.700. The molecule has 0 aromatic carbocycles. The fourth-order valence-corrected chi connectivity index (χ4v) is 3.42. The second-order valence-corrected chi connectivity index (χ2v) is 8.06. The Morgan fingerprint density at radius 3 is 2.03 bits per heavy atom. The summed E-state index contributed by atoms with van der Waals surface area (Å²) in [6.45, 7) is 1.06. The molecule has 10 N–H and O–H groups in total. The van der Waals surface area contributed by atoms with Gasteiger partial charge in [0.1, 0.15) is 18.1 Å². The van der Waals surface area contributed by atoms with Crippen molar-refractivity contribution < 1.29 is 39.0 Å². The lowest BCUT2D eigenvalue weighted by atomic mass is 10.0. The van der Waals surface area contributed by atoms with Crippen LogP contribution in [0, 0.1) is 0 Å². The van der Waals surface area contributed by atoms with E-state index in [0.717, 1.165) is 6.42 Å². The van der Waals surface area contributed by atoms with Gasteiger partial charge in [0, 0.05) is 6.42 Å². The van der Waals surface area contributed by atoms with Gasteiger partial charge < -0.3 is 42.9 Å². The lowest BCUT2D eigenvalue weighted by Gasteiger charge is -2.25. The van der Waals surface area contributed by atoms with Gasteiger partial charge in [-0.1, -0.05) is 0 Å². The molecule has 1 fully saturated rings. The van der Waals surface area contributed by atoms with E-state index < -0.39 is 60.2 Å². The van der Waals surface area contributed by atoms with Gasteiger partial charge in [-0.15, -0.1) is 0 Å². The van der Waals surface area contributed by atoms with E-state index in [9.17, 15) is 28.8 Å². The van der Waals surface area contributed by atoms with Gasteiger partial charge in [0.2, 0.25) is 23.6 Å². The predicted octanol–water partition coefficient (Wildman–Crippen LogP) is -2.85. The third-order valence-corrected chi connectivity index (χ3v) is 5.26. The SMILES string of the molecule is NCCCCC(NC(=O)C1CCCN1)C(=O)NC(CCC(N)=O)C(=O)NC(CC(=O)O)C(=O)O. The number of carbonyl (C=O) groups is 6. The summed E-state index contributed by atoms with van der Waals surface area (Å²) in [5, 5.41) is 28.2. The van der Waals surface area contributed by atoms with Crippen molar-refractivity contribution in [3.63, 3.8) is 0 Å². The molecule has 4 amide bonds. The van der Waals surface area contributed by atoms with Crippen molar-refractivity contribution in [2.45, 2.75) is 75.5 Å². The number of nitrogens with one attached hydrogen (secondary N) is 4. The highest BCUT2D eigenvalue weighted by atomic mass is 16.4. The van der Waals surface area contributed by atoms with Gasteiger partial charge in [0.25, 0.3) is 0 Å². The van der Waals surface area contributed by atoms with Crippen LogP contribution in [-0.2, 0) is 28.8 Å². The summed E-state index contributed by atoms with van der Waals surface area (Å²) in [7, 11) is 0. The molecular formula is C20H34N6O8. The Morgan fingerprint density at radius 2 is 1.53 bits per heavy atom. The minimum absolute atomic E-state index is 0.239. The highest BCUT2D eigenvalue weighted by Crippen LogP contribution is 2.09. The molecule has 0 spiro atoms. The van der Waals surface area contributed by atoms with Crippen molar-refractivity contribution in [2.24, 2.45) is 11.5 Å². The van der Waals surface area contributed by atoms with Crippen LogP contribution in [0.5, 0.6) is 0 Å². The summed E-state index contributed by atoms with van der Waals surface area (Å²) in [6.07, 6.45) is 1.36. The maximum atomic E-state index is 13.0. The van der Waals surface area contributed by atoms with E-state index in [0.29, 0.717) is 32.4 Å². The molecule has 0 aromatic heterocycles. The molecule has 0 aromatic rings. The Kier molecular flexibility index (Phi) is 12.5. The van der Waals surface area contributed by atoms with Crippen molar-refractivity contribution in [1.29, 1.82) is 0 Å². The molecule has 14 nitrogen and oxygen atoms in total. The quantitative estimate of drug-likeness (QED) is 0.104. The van der Waals surface area contributed by atoms with Crippen molar-refractivity contribution >= 4 is 35.6 Å². The Balaban J connectivity index is 2.95. The molecule has 4 unspecified atom stereocenters. The molecule has 34 heavy (non-hydrogen) atoms. The Hall–Kier alpha value is -3.26. The molecule has 192 valence electrons. The fourth-order valence-electron chi connectivity index (χ4n) is 3.42. The third-order valence-electron chi connectivity index (χ3n) is 5.26. The van der Waals surface area contributed by atoms with E-state index in [2.05, 4.69) is 21.3 Å². The highest BCUT2D eigenvalue weighted by molar-refractivity contribution is 5.95. The maximum absolute atomic E-state index is 13.0. The van der Waals surface area contributed by atoms with Crippen LogP contribution in [0.25, 0.3) is 0 Å². The lowest BCUT2D eigenvalue weighted by molar-refractivity contribution is -0.147. The minimum atomic E-state index is -1.74. The van der Waals surface area contributed by atoms with Gasteiger partial charge in [-0.3, -0.25) is 24.0 Å². The summed E-state index contributed by atoms with van der Waals surface area (Å²) in [5.41, 5.74) is 10.6. The number of rotatable bonds is 16. The van der Waals surface area contributed by atoms with Gasteiger partial charge >= 0.3 is 11.9 Å². The number of hydrogen-bond donors (Lipinski definition) is 8. The summed E-state index contributed by atoms with van der Waals surface area (Å²) in [4.78, 5) is 71.5. The Morgan fingerprint density at radius 1 is 0.912 bits per heavy atom. The normalized spacial score (nSPS) is 17.7. The van der Waals surface area contributed by atoms with Gasteiger partial charge in [-0.25, -0.2) is 4.79 Å². The molecule has 0 saturated carbocycles. The van der Waals surface area contributed by atoms with Crippen LogP contribution >= 0.6 is 0 Å². The Labute approximate surface area is 196 Å². The molecular weight excluding hydrogens is 452 g/mol. The molecule has 0 bridgehead atoms. The molecule has 1 saturated heterocycles. The third kappa shape index (κ3) is 10.6. The first-order chi connectivity index (χ1) is 16.0. The zero-order valence-electron chi connectivity index (χ0n) is 18.9. The molecule has 0 aliphatic carbocycles. The van der Waals surface area contributed by atoms with E-state index in [1.54, 1.807) is 0 Å². The first-order valence-corrected chi connectivity index (χ1v) is 11.1. The molecule has 0 radical (unpaired) electrons. The average molecular weight is 487 g/mol. The number of carboxylic acid groups (broad SMARTS) is 2. The first-order valence-electron chi connectivity index (χ1n) is 11.1. The zero-order valence-corrected chi connectivity index (χ0v) is 18.9. The highest BCUT2D eigenvalue weighted by Gasteiger charge is 2.32. The molecule has 4 atom stereocenters. The standard InChI is InChI=1S/C20H34N6O8/c21-8-2-1-4-12(24-17(30)11-5-3-9-23-11)18(31)25-13(6-7-15(22)27)19(32)26-14(20(33)34)10-16(28)29/h11-14,23H,1-10,21H2,(H2,22,27)(H,24,30)(H,25,31)(H,26,32)(H,28,29)(H,33,34). The van der Waals surface area contributed by atoms with Crippen LogP contribution in [0.15, 0.2) is 0 Å². The molecule has 1 aliphatic rings. The zero-order chi connectivity index (χ0) is 25.7. The van der Waals surface area contributed by atoms with Crippen LogP contribution in [0.4, 0.5) is 0 Å². The molecule has 1 heterocycles. The molecule has 1 aliphatic heterocycles. The van der Waals surface area contributed by atoms with Gasteiger partial charge in [0.15, 0.2) is 0 Å². The van der Waals surface area contributed by atoms with E-state index in [4.69, 9.17) is 21.7 Å². The average Bonchev–Trinajstić information content (AvgIpc) is 3.29. The predicted molar refractivity (Wildman–Crippen MR) is 118 cm³/mol. The summed E-state index contributed by atoms with van der Waals surface area (Å²) < 4.78 is 0. The van der Waals surface area contributed by atoms with Crippen molar-refractivity contribution in [3.8, 4) is 0 Å². The summed E-state index contributed by atoms with van der Waals surface area (Å²) >= 11 is 0. The second-order valence-electron chi connectivity index (χ2n) is 8.06. The van der Waals surface area contributed by atoms with E-state index in [1.165, 1.54) is 0 Å². The van der Waals surface area contributed by atoms with Crippen molar-refractivity contribution in [3.05, 3.63) is 0 Å². The van der Waals surface area contributed by atoms with Crippen molar-refractivity contribution in [2.75, 3.05) is 13.1 Å². The second kappa shape index (κ2) is 14.8. The van der Waals surface area contributed by atoms with Gasteiger partial charge in [0.05, 0.1) is 12.5 Å². The smallest absolute Gasteiger partial charge is 0.326 e. The van der Waals surface area contributed by atoms with E-state index in [-0.39, 0.29) is 25.2 Å². The number of carboxylic acids is 2. The number of hydrogen-bond acceptors (Lipinski definition) is 8. The van der Waals surface area contributed by atoms with Crippen LogP contribution in [-0.4, -0.2) is 83.0 Å². The van der Waals surface area contributed by atoms with Gasteiger partial charge in [-0.2, -0.15) is 0 Å². The Bertz CT molecular complexity index is 755. The summed E-state index contributed by atoms with van der Waals surface area (Å²) in [5.74, 6) is -5.85. The number of primary amides is 1. The largest absolute Gasteiger partial charge is 0.481 e. The minimum Gasteiger partial charge on any atom is -0.481 e. The van der Waals surface area contributed by atoms with Crippen LogP contribution in [0.1, 0.15) is 51.4 Å². The first kappa shape index (κ1) is 28.8. The van der Waals surface area contributed by atoms with Crippen LogP contribution in [0.3, 0.4) is 0 Å².